The van der Waals surface area contributed by atoms with Crippen molar-refractivity contribution in [2.24, 2.45) is 10.7 Å². The van der Waals surface area contributed by atoms with Crippen molar-refractivity contribution in [3.8, 4) is 11.5 Å². The molecule has 134 valence electrons. The summed E-state index contributed by atoms with van der Waals surface area (Å²) in [5.74, 6) is 1.93. The lowest BCUT2D eigenvalue weighted by molar-refractivity contribution is 0.354. The predicted octanol–water partition coefficient (Wildman–Crippen LogP) is 3.63. The highest BCUT2D eigenvalue weighted by atomic mass is 16.5. The first kappa shape index (κ1) is 18.6. The van der Waals surface area contributed by atoms with E-state index in [1.165, 1.54) is 11.1 Å². The Morgan fingerprint density at radius 3 is 2.32 bits per heavy atom. The van der Waals surface area contributed by atoms with Crippen LogP contribution in [0.4, 0.5) is 5.69 Å². The molecule has 0 fully saturated rings. The molecule has 0 heterocycles. The van der Waals surface area contributed by atoms with Gasteiger partial charge in [-0.3, -0.25) is 4.99 Å². The molecule has 0 amide bonds. The topological polar surface area (TPSA) is 68.9 Å². The summed E-state index contributed by atoms with van der Waals surface area (Å²) in [4.78, 5) is 4.38. The van der Waals surface area contributed by atoms with E-state index < -0.39 is 0 Å². The molecule has 0 unspecified atom stereocenters. The van der Waals surface area contributed by atoms with Gasteiger partial charge in [0.25, 0.3) is 0 Å². The van der Waals surface area contributed by atoms with E-state index >= 15 is 0 Å². The number of hydrogen-bond acceptors (Lipinski definition) is 3. The maximum absolute atomic E-state index is 5.94. The Hall–Kier alpha value is -2.69. The lowest BCUT2D eigenvalue weighted by Crippen LogP contribution is -2.22. The molecule has 2 rings (SSSR count). The van der Waals surface area contributed by atoms with Crippen LogP contribution in [-0.4, -0.2) is 26.7 Å². The molecule has 0 spiro atoms. The van der Waals surface area contributed by atoms with E-state index in [0.29, 0.717) is 12.5 Å². The lowest BCUT2D eigenvalue weighted by atomic mass is 10.1. The summed E-state index contributed by atoms with van der Waals surface area (Å²) in [5, 5.41) is 3.12. The molecule has 0 aliphatic carbocycles. The van der Waals surface area contributed by atoms with E-state index in [2.05, 4.69) is 29.4 Å². The number of nitrogens with one attached hydrogen (secondary N) is 1. The summed E-state index contributed by atoms with van der Waals surface area (Å²) >= 11 is 0. The van der Waals surface area contributed by atoms with Crippen LogP contribution in [0.3, 0.4) is 0 Å². The molecule has 0 aliphatic rings. The quantitative estimate of drug-likeness (QED) is 0.437. The maximum atomic E-state index is 5.94. The van der Waals surface area contributed by atoms with Crippen molar-refractivity contribution >= 4 is 11.6 Å². The third kappa shape index (κ3) is 5.71. The van der Waals surface area contributed by atoms with E-state index in [0.717, 1.165) is 36.4 Å². The summed E-state index contributed by atoms with van der Waals surface area (Å²) in [6, 6.07) is 14.2. The van der Waals surface area contributed by atoms with Gasteiger partial charge in [0.05, 0.1) is 14.2 Å². The number of guanidine groups is 1. The van der Waals surface area contributed by atoms with Crippen molar-refractivity contribution in [2.45, 2.75) is 26.2 Å². The van der Waals surface area contributed by atoms with Crippen LogP contribution in [0.5, 0.6) is 11.5 Å². The van der Waals surface area contributed by atoms with Gasteiger partial charge in [0.2, 0.25) is 0 Å². The molecule has 5 heteroatoms. The molecule has 0 bridgehead atoms. The van der Waals surface area contributed by atoms with Gasteiger partial charge in [0.15, 0.2) is 17.5 Å². The third-order valence-corrected chi connectivity index (χ3v) is 3.99. The lowest BCUT2D eigenvalue weighted by Gasteiger charge is -2.09. The zero-order valence-electron chi connectivity index (χ0n) is 15.2. The number of aryl methyl sites for hydroxylation is 2. The van der Waals surface area contributed by atoms with Gasteiger partial charge in [0.1, 0.15) is 0 Å². The molecule has 25 heavy (non-hydrogen) atoms. The fraction of sp³-hybridized carbons (Fsp3) is 0.350. The van der Waals surface area contributed by atoms with Crippen LogP contribution in [-0.2, 0) is 12.8 Å². The molecule has 3 N–H and O–H groups in total. The minimum Gasteiger partial charge on any atom is -0.493 e. The number of ether oxygens (including phenoxy) is 2. The van der Waals surface area contributed by atoms with Crippen LogP contribution in [0.25, 0.3) is 0 Å². The zero-order chi connectivity index (χ0) is 18.1. The van der Waals surface area contributed by atoms with Crippen molar-refractivity contribution < 1.29 is 9.47 Å². The van der Waals surface area contributed by atoms with Crippen LogP contribution in [0.15, 0.2) is 47.5 Å². The second kappa shape index (κ2) is 9.57. The average Bonchev–Trinajstić information content (AvgIpc) is 2.65. The second-order valence-corrected chi connectivity index (χ2v) is 5.74. The molecule has 0 saturated heterocycles. The molecule has 0 radical (unpaired) electrons. The van der Waals surface area contributed by atoms with Gasteiger partial charge in [-0.05, 0) is 54.7 Å². The number of hydrogen-bond donors (Lipinski definition) is 2. The monoisotopic (exact) mass is 341 g/mol. The van der Waals surface area contributed by atoms with Gasteiger partial charge in [0, 0.05) is 12.2 Å². The molecule has 0 saturated carbocycles. The average molecular weight is 341 g/mol. The Morgan fingerprint density at radius 2 is 1.68 bits per heavy atom. The number of nitrogens with zero attached hydrogens (tertiary/aromatic N) is 1. The zero-order valence-corrected chi connectivity index (χ0v) is 15.2. The van der Waals surface area contributed by atoms with Gasteiger partial charge >= 0.3 is 0 Å². The highest BCUT2D eigenvalue weighted by Crippen LogP contribution is 2.27. The number of nitrogens with two attached hydrogens (primary N) is 1. The summed E-state index contributed by atoms with van der Waals surface area (Å²) in [6.45, 7) is 2.80. The Balaban J connectivity index is 1.81. The summed E-state index contributed by atoms with van der Waals surface area (Å²) in [5.41, 5.74) is 9.39. The summed E-state index contributed by atoms with van der Waals surface area (Å²) in [6.07, 6.45) is 2.84. The van der Waals surface area contributed by atoms with Crippen molar-refractivity contribution in [3.05, 3.63) is 53.6 Å². The number of aliphatic imine (C=N–C) groups is 1. The summed E-state index contributed by atoms with van der Waals surface area (Å²) < 4.78 is 10.6. The van der Waals surface area contributed by atoms with E-state index in [-0.39, 0.29) is 0 Å². The second-order valence-electron chi connectivity index (χ2n) is 5.74. The first-order valence-corrected chi connectivity index (χ1v) is 8.53. The number of anilines is 1. The smallest absolute Gasteiger partial charge is 0.193 e. The van der Waals surface area contributed by atoms with Gasteiger partial charge < -0.3 is 20.5 Å². The van der Waals surface area contributed by atoms with E-state index in [4.69, 9.17) is 15.2 Å². The van der Waals surface area contributed by atoms with Crippen LogP contribution in [0.1, 0.15) is 24.5 Å². The first-order chi connectivity index (χ1) is 12.2. The van der Waals surface area contributed by atoms with Crippen molar-refractivity contribution in [3.63, 3.8) is 0 Å². The van der Waals surface area contributed by atoms with Crippen molar-refractivity contribution in [1.29, 1.82) is 0 Å². The van der Waals surface area contributed by atoms with E-state index in [1.807, 2.05) is 30.3 Å². The largest absolute Gasteiger partial charge is 0.493 e. The van der Waals surface area contributed by atoms with Crippen molar-refractivity contribution in [2.75, 3.05) is 26.1 Å². The Kier molecular flexibility index (Phi) is 7.14. The fourth-order valence-electron chi connectivity index (χ4n) is 2.53. The molecular formula is C20H27N3O2. The minimum absolute atomic E-state index is 0.441. The van der Waals surface area contributed by atoms with Crippen LogP contribution < -0.4 is 20.5 Å². The molecule has 2 aromatic rings. The van der Waals surface area contributed by atoms with Crippen LogP contribution in [0, 0.1) is 0 Å². The number of rotatable bonds is 8. The first-order valence-electron chi connectivity index (χ1n) is 8.53. The van der Waals surface area contributed by atoms with Gasteiger partial charge in [-0.2, -0.15) is 0 Å². The number of benzene rings is 2. The molecule has 0 aliphatic heterocycles. The van der Waals surface area contributed by atoms with Gasteiger partial charge in [-0.1, -0.05) is 25.1 Å². The Labute approximate surface area is 149 Å². The maximum Gasteiger partial charge on any atom is 0.193 e. The molecule has 2 aromatic carbocycles. The van der Waals surface area contributed by atoms with Gasteiger partial charge in [-0.25, -0.2) is 0 Å². The normalized spacial score (nSPS) is 11.2. The minimum atomic E-state index is 0.441. The Bertz CT molecular complexity index is 697. The molecule has 5 nitrogen and oxygen atoms in total. The highest BCUT2D eigenvalue weighted by molar-refractivity contribution is 5.92. The standard InChI is InChI=1S/C20H27N3O2/c1-4-15-7-10-17(11-8-15)23-20(21)22-13-5-6-16-9-12-18(24-2)19(14-16)25-3/h7-12,14H,4-6,13H2,1-3H3,(H3,21,22,23). The number of methoxy groups -OCH3 is 2. The molecule has 0 atom stereocenters. The molecule has 0 aromatic heterocycles. The van der Waals surface area contributed by atoms with E-state index in [1.54, 1.807) is 14.2 Å². The molecular weight excluding hydrogens is 314 g/mol. The SMILES string of the molecule is CCc1ccc(NC(N)=NCCCc2ccc(OC)c(OC)c2)cc1. The van der Waals surface area contributed by atoms with E-state index in [9.17, 15) is 0 Å². The van der Waals surface area contributed by atoms with Crippen LogP contribution >= 0.6 is 0 Å². The van der Waals surface area contributed by atoms with Gasteiger partial charge in [-0.15, -0.1) is 0 Å². The van der Waals surface area contributed by atoms with Crippen molar-refractivity contribution in [1.82, 2.24) is 0 Å². The Morgan fingerprint density at radius 1 is 1.00 bits per heavy atom. The highest BCUT2D eigenvalue weighted by Gasteiger charge is 2.04. The van der Waals surface area contributed by atoms with Crippen LogP contribution in [0.2, 0.25) is 0 Å². The third-order valence-electron chi connectivity index (χ3n) is 3.99. The predicted molar refractivity (Wildman–Crippen MR) is 104 cm³/mol. The fourth-order valence-corrected chi connectivity index (χ4v) is 2.53. The summed E-state index contributed by atoms with van der Waals surface area (Å²) in [7, 11) is 3.28.